The molecule has 0 amide bonds. The zero-order valence-electron chi connectivity index (χ0n) is 10.5. The molecule has 0 saturated heterocycles. The standard InChI is InChI=1S/C12H25NO2S/c1-11-4-7-12(10-13,8-5-11)6-3-9-16(2,14)15/h11H,3-10,13H2,1-2H3. The molecule has 4 heteroatoms. The molecular formula is C12H25NO2S. The van der Waals surface area contributed by atoms with Gasteiger partial charge >= 0.3 is 0 Å². The van der Waals surface area contributed by atoms with E-state index in [1.165, 1.54) is 31.9 Å². The van der Waals surface area contributed by atoms with E-state index in [4.69, 9.17) is 5.73 Å². The van der Waals surface area contributed by atoms with Crippen molar-refractivity contribution in [3.8, 4) is 0 Å². The normalized spacial score (nSPS) is 31.6. The van der Waals surface area contributed by atoms with Crippen LogP contribution < -0.4 is 5.73 Å². The Hall–Kier alpha value is -0.0900. The highest BCUT2D eigenvalue weighted by atomic mass is 32.2. The topological polar surface area (TPSA) is 60.2 Å². The van der Waals surface area contributed by atoms with E-state index in [0.717, 1.165) is 18.8 Å². The fourth-order valence-corrected chi connectivity index (χ4v) is 3.31. The Morgan fingerprint density at radius 1 is 1.31 bits per heavy atom. The molecule has 0 unspecified atom stereocenters. The molecule has 0 aromatic heterocycles. The third kappa shape index (κ3) is 4.42. The molecule has 3 nitrogen and oxygen atoms in total. The molecule has 0 radical (unpaired) electrons. The van der Waals surface area contributed by atoms with E-state index in [1.807, 2.05) is 0 Å². The van der Waals surface area contributed by atoms with E-state index in [-0.39, 0.29) is 5.41 Å². The highest BCUT2D eigenvalue weighted by Crippen LogP contribution is 2.41. The van der Waals surface area contributed by atoms with Crippen LogP contribution in [0.15, 0.2) is 0 Å². The van der Waals surface area contributed by atoms with Gasteiger partial charge in [0.15, 0.2) is 0 Å². The van der Waals surface area contributed by atoms with Gasteiger partial charge in [-0.25, -0.2) is 8.42 Å². The predicted octanol–water partition coefficient (Wildman–Crippen LogP) is 1.97. The lowest BCUT2D eigenvalue weighted by Gasteiger charge is -2.38. The third-order valence-corrected chi connectivity index (χ3v) is 5.02. The van der Waals surface area contributed by atoms with E-state index in [9.17, 15) is 8.42 Å². The number of sulfone groups is 1. The Labute approximate surface area is 99.7 Å². The van der Waals surface area contributed by atoms with Crippen molar-refractivity contribution in [2.45, 2.75) is 45.4 Å². The third-order valence-electron chi connectivity index (χ3n) is 3.99. The van der Waals surface area contributed by atoms with Crippen LogP contribution in [0, 0.1) is 11.3 Å². The number of hydrogen-bond donors (Lipinski definition) is 1. The number of rotatable bonds is 5. The average Bonchev–Trinajstić information content (AvgIpc) is 2.20. The first-order chi connectivity index (χ1) is 7.37. The van der Waals surface area contributed by atoms with Gasteiger partial charge in [0.25, 0.3) is 0 Å². The minimum atomic E-state index is -2.81. The second-order valence-electron chi connectivity index (χ2n) is 5.62. The highest BCUT2D eigenvalue weighted by molar-refractivity contribution is 7.90. The van der Waals surface area contributed by atoms with Gasteiger partial charge in [0, 0.05) is 12.0 Å². The van der Waals surface area contributed by atoms with Crippen LogP contribution >= 0.6 is 0 Å². The first-order valence-corrected chi connectivity index (χ1v) is 8.31. The summed E-state index contributed by atoms with van der Waals surface area (Å²) in [6, 6.07) is 0. The summed E-state index contributed by atoms with van der Waals surface area (Å²) in [6.07, 6.45) is 7.90. The monoisotopic (exact) mass is 247 g/mol. The summed E-state index contributed by atoms with van der Waals surface area (Å²) in [5, 5.41) is 0. The lowest BCUT2D eigenvalue weighted by Crippen LogP contribution is -2.34. The molecule has 1 aliphatic carbocycles. The molecule has 0 aliphatic heterocycles. The van der Waals surface area contributed by atoms with Crippen LogP contribution in [0.4, 0.5) is 0 Å². The van der Waals surface area contributed by atoms with Gasteiger partial charge in [0.2, 0.25) is 0 Å². The molecule has 16 heavy (non-hydrogen) atoms. The molecule has 0 heterocycles. The fourth-order valence-electron chi connectivity index (χ4n) is 2.64. The van der Waals surface area contributed by atoms with Crippen molar-refractivity contribution in [2.75, 3.05) is 18.6 Å². The summed E-state index contributed by atoms with van der Waals surface area (Å²) in [5.74, 6) is 1.12. The quantitative estimate of drug-likeness (QED) is 0.808. The van der Waals surface area contributed by atoms with Crippen LogP contribution in [0.1, 0.15) is 45.4 Å². The number of nitrogens with two attached hydrogens (primary N) is 1. The van der Waals surface area contributed by atoms with E-state index < -0.39 is 9.84 Å². The summed E-state index contributed by atoms with van der Waals surface area (Å²) in [7, 11) is -2.81. The summed E-state index contributed by atoms with van der Waals surface area (Å²) in [6.45, 7) is 3.00. The van der Waals surface area contributed by atoms with Crippen LogP contribution in [-0.2, 0) is 9.84 Å². The lowest BCUT2D eigenvalue weighted by atomic mass is 9.68. The first kappa shape index (κ1) is 14.0. The molecule has 1 saturated carbocycles. The maximum atomic E-state index is 11.1. The van der Waals surface area contributed by atoms with E-state index in [2.05, 4.69) is 6.92 Å². The molecule has 0 aromatic rings. The summed E-state index contributed by atoms with van der Waals surface area (Å²) in [4.78, 5) is 0. The molecule has 0 spiro atoms. The van der Waals surface area contributed by atoms with Crippen LogP contribution in [0.3, 0.4) is 0 Å². The van der Waals surface area contributed by atoms with Gasteiger partial charge in [-0.1, -0.05) is 19.8 Å². The minimum Gasteiger partial charge on any atom is -0.330 e. The average molecular weight is 247 g/mol. The van der Waals surface area contributed by atoms with Crippen LogP contribution in [0.2, 0.25) is 0 Å². The Morgan fingerprint density at radius 2 is 1.88 bits per heavy atom. The van der Waals surface area contributed by atoms with Crippen LogP contribution in [0.5, 0.6) is 0 Å². The fraction of sp³-hybridized carbons (Fsp3) is 1.00. The van der Waals surface area contributed by atoms with Gasteiger partial charge in [-0.2, -0.15) is 0 Å². The molecule has 2 N–H and O–H groups in total. The Bertz CT molecular complexity index is 303. The maximum Gasteiger partial charge on any atom is 0.147 e. The smallest absolute Gasteiger partial charge is 0.147 e. The van der Waals surface area contributed by atoms with Gasteiger partial charge < -0.3 is 5.73 Å². The molecular weight excluding hydrogens is 222 g/mol. The summed E-state index contributed by atoms with van der Waals surface area (Å²) < 4.78 is 22.2. The van der Waals surface area contributed by atoms with Crippen molar-refractivity contribution in [2.24, 2.45) is 17.1 Å². The van der Waals surface area contributed by atoms with Crippen molar-refractivity contribution < 1.29 is 8.42 Å². The Kier molecular flexibility index (Phi) is 4.80. The van der Waals surface area contributed by atoms with E-state index >= 15 is 0 Å². The zero-order valence-corrected chi connectivity index (χ0v) is 11.4. The maximum absolute atomic E-state index is 11.1. The molecule has 0 atom stereocenters. The minimum absolute atomic E-state index is 0.233. The van der Waals surface area contributed by atoms with Crippen molar-refractivity contribution >= 4 is 9.84 Å². The van der Waals surface area contributed by atoms with Gasteiger partial charge in [-0.3, -0.25) is 0 Å². The number of hydrogen-bond acceptors (Lipinski definition) is 3. The van der Waals surface area contributed by atoms with Crippen molar-refractivity contribution in [1.82, 2.24) is 0 Å². The molecule has 1 aliphatic rings. The zero-order chi connectivity index (χ0) is 12.2. The summed E-state index contributed by atoms with van der Waals surface area (Å²) >= 11 is 0. The van der Waals surface area contributed by atoms with Crippen molar-refractivity contribution in [3.63, 3.8) is 0 Å². The second kappa shape index (κ2) is 5.50. The van der Waals surface area contributed by atoms with Gasteiger partial charge in [0.05, 0.1) is 0 Å². The molecule has 0 aromatic carbocycles. The van der Waals surface area contributed by atoms with E-state index in [1.54, 1.807) is 0 Å². The van der Waals surface area contributed by atoms with Crippen molar-refractivity contribution in [3.05, 3.63) is 0 Å². The SMILES string of the molecule is CC1CCC(CN)(CCCS(C)(=O)=O)CC1. The highest BCUT2D eigenvalue weighted by Gasteiger charge is 2.32. The molecule has 96 valence electrons. The Balaban J connectivity index is 2.42. The van der Waals surface area contributed by atoms with Crippen LogP contribution in [-0.4, -0.2) is 27.0 Å². The molecule has 0 bridgehead atoms. The van der Waals surface area contributed by atoms with E-state index in [0.29, 0.717) is 12.3 Å². The Morgan fingerprint density at radius 3 is 2.31 bits per heavy atom. The molecule has 1 rings (SSSR count). The van der Waals surface area contributed by atoms with Gasteiger partial charge in [0.1, 0.15) is 9.84 Å². The summed E-state index contributed by atoms with van der Waals surface area (Å²) in [5.41, 5.74) is 6.12. The lowest BCUT2D eigenvalue weighted by molar-refractivity contribution is 0.150. The first-order valence-electron chi connectivity index (χ1n) is 6.25. The molecule has 1 fully saturated rings. The second-order valence-corrected chi connectivity index (χ2v) is 7.88. The largest absolute Gasteiger partial charge is 0.330 e. The van der Waals surface area contributed by atoms with Crippen molar-refractivity contribution in [1.29, 1.82) is 0 Å². The van der Waals surface area contributed by atoms with Gasteiger partial charge in [-0.05, 0) is 43.6 Å². The predicted molar refractivity (Wildman–Crippen MR) is 68.1 cm³/mol. The van der Waals surface area contributed by atoms with Gasteiger partial charge in [-0.15, -0.1) is 0 Å². The van der Waals surface area contributed by atoms with Crippen LogP contribution in [0.25, 0.3) is 0 Å².